The Hall–Kier alpha value is -1.14. The van der Waals surface area contributed by atoms with Gasteiger partial charge in [0.2, 0.25) is 0 Å². The van der Waals surface area contributed by atoms with Gasteiger partial charge in [0.25, 0.3) is 0 Å². The van der Waals surface area contributed by atoms with Crippen molar-refractivity contribution in [2.75, 3.05) is 0 Å². The van der Waals surface area contributed by atoms with E-state index in [9.17, 15) is 9.18 Å². The second kappa shape index (κ2) is 4.93. The Morgan fingerprint density at radius 2 is 2.09 bits per heavy atom. The first-order valence-electron chi connectivity index (χ1n) is 8.82. The van der Waals surface area contributed by atoms with Crippen LogP contribution in [0.3, 0.4) is 0 Å². The average Bonchev–Trinajstić information content (AvgIpc) is 2.84. The third kappa shape index (κ3) is 1.86. The number of hydrogen-bond donors (Lipinski definition) is 0. The van der Waals surface area contributed by atoms with Gasteiger partial charge in [-0.3, -0.25) is 4.79 Å². The summed E-state index contributed by atoms with van der Waals surface area (Å²) in [5, 5.41) is 0. The van der Waals surface area contributed by atoms with Crippen molar-refractivity contribution < 1.29 is 9.18 Å². The summed E-state index contributed by atoms with van der Waals surface area (Å²) in [7, 11) is 0. The van der Waals surface area contributed by atoms with Crippen molar-refractivity contribution in [3.05, 3.63) is 29.5 Å². The van der Waals surface area contributed by atoms with E-state index in [4.69, 9.17) is 0 Å². The zero-order chi connectivity index (χ0) is 15.5. The van der Waals surface area contributed by atoms with E-state index in [1.807, 2.05) is 0 Å². The Morgan fingerprint density at radius 1 is 1.27 bits per heavy atom. The molecule has 6 atom stereocenters. The van der Waals surface area contributed by atoms with Crippen LogP contribution in [0.4, 0.5) is 4.39 Å². The van der Waals surface area contributed by atoms with Gasteiger partial charge in [-0.25, -0.2) is 4.39 Å². The highest BCUT2D eigenvalue weighted by Gasteiger charge is 2.56. The van der Waals surface area contributed by atoms with Crippen molar-refractivity contribution in [2.24, 2.45) is 29.1 Å². The number of hydrogen-bond acceptors (Lipinski definition) is 1. The van der Waals surface area contributed by atoms with Crippen LogP contribution in [0.5, 0.6) is 0 Å². The number of carbonyl (C=O) groups excluding carboxylic acids is 1. The van der Waals surface area contributed by atoms with Crippen LogP contribution in [-0.4, -0.2) is 12.0 Å². The third-order valence-corrected chi connectivity index (χ3v) is 7.31. The van der Waals surface area contributed by atoms with Gasteiger partial charge < -0.3 is 0 Å². The van der Waals surface area contributed by atoms with Crippen molar-refractivity contribution in [1.29, 1.82) is 0 Å². The molecule has 3 unspecified atom stereocenters. The van der Waals surface area contributed by atoms with Crippen LogP contribution in [0, 0.1) is 29.1 Å². The molecule has 0 aromatic heterocycles. The fourth-order valence-electron chi connectivity index (χ4n) is 6.25. The Labute approximate surface area is 132 Å². The van der Waals surface area contributed by atoms with E-state index in [-0.39, 0.29) is 11.2 Å². The fraction of sp³-hybridized carbons (Fsp3) is 0.700. The number of fused-ring (bicyclic) bond motifs is 5. The van der Waals surface area contributed by atoms with E-state index in [0.717, 1.165) is 18.4 Å². The Kier molecular flexibility index (Phi) is 3.24. The monoisotopic (exact) mass is 300 g/mol. The first-order valence-corrected chi connectivity index (χ1v) is 8.82. The van der Waals surface area contributed by atoms with E-state index in [1.54, 1.807) is 6.08 Å². The van der Waals surface area contributed by atoms with Crippen LogP contribution in [0.1, 0.15) is 51.9 Å². The third-order valence-electron chi connectivity index (χ3n) is 7.31. The zero-order valence-electron chi connectivity index (χ0n) is 13.4. The molecule has 3 fully saturated rings. The van der Waals surface area contributed by atoms with Crippen molar-refractivity contribution in [1.82, 2.24) is 0 Å². The highest BCUT2D eigenvalue weighted by atomic mass is 19.1. The number of rotatable bonds is 0. The average molecular weight is 300 g/mol. The topological polar surface area (TPSA) is 17.1 Å². The second-order valence-electron chi connectivity index (χ2n) is 8.04. The first-order chi connectivity index (χ1) is 10.5. The van der Waals surface area contributed by atoms with Gasteiger partial charge in [-0.1, -0.05) is 13.5 Å². The van der Waals surface area contributed by atoms with Crippen molar-refractivity contribution in [3.8, 4) is 0 Å². The molecule has 4 aliphatic rings. The van der Waals surface area contributed by atoms with Crippen LogP contribution in [-0.2, 0) is 4.79 Å². The van der Waals surface area contributed by atoms with Gasteiger partial charge in [0.05, 0.1) is 0 Å². The van der Waals surface area contributed by atoms with Gasteiger partial charge in [0.1, 0.15) is 6.17 Å². The van der Waals surface area contributed by atoms with Gasteiger partial charge in [0.15, 0.2) is 5.78 Å². The summed E-state index contributed by atoms with van der Waals surface area (Å²) in [5.41, 5.74) is 5.61. The van der Waals surface area contributed by atoms with Gasteiger partial charge >= 0.3 is 0 Å². The summed E-state index contributed by atoms with van der Waals surface area (Å²) >= 11 is 0. The second-order valence-corrected chi connectivity index (χ2v) is 8.04. The minimum atomic E-state index is -0.894. The molecule has 118 valence electrons. The lowest BCUT2D eigenvalue weighted by atomic mass is 9.51. The van der Waals surface area contributed by atoms with E-state index in [1.165, 1.54) is 24.8 Å². The van der Waals surface area contributed by atoms with Crippen LogP contribution in [0.25, 0.3) is 0 Å². The predicted molar refractivity (Wildman–Crippen MR) is 85.0 cm³/mol. The molecule has 0 heterocycles. The van der Waals surface area contributed by atoms with Crippen LogP contribution < -0.4 is 0 Å². The van der Waals surface area contributed by atoms with Gasteiger partial charge in [-0.15, -0.1) is 5.73 Å². The molecule has 22 heavy (non-hydrogen) atoms. The number of halogens is 1. The van der Waals surface area contributed by atoms with Gasteiger partial charge in [-0.2, -0.15) is 0 Å². The normalized spacial score (nSPS) is 47.2. The first kappa shape index (κ1) is 14.5. The molecular weight excluding hydrogens is 275 g/mol. The number of carbonyl (C=O) groups is 1. The molecule has 0 spiro atoms. The Morgan fingerprint density at radius 3 is 2.86 bits per heavy atom. The highest BCUT2D eigenvalue weighted by molar-refractivity contribution is 5.91. The molecule has 4 rings (SSSR count). The van der Waals surface area contributed by atoms with Gasteiger partial charge in [0, 0.05) is 6.42 Å². The minimum absolute atomic E-state index is 0.130. The summed E-state index contributed by atoms with van der Waals surface area (Å²) in [6.45, 7) is 6.25. The van der Waals surface area contributed by atoms with E-state index in [0.29, 0.717) is 36.5 Å². The van der Waals surface area contributed by atoms with Crippen molar-refractivity contribution >= 4 is 5.78 Å². The predicted octanol–water partition coefficient (Wildman–Crippen LogP) is 4.79. The quantitative estimate of drug-likeness (QED) is 0.588. The smallest absolute Gasteiger partial charge is 0.155 e. The number of allylic oxidation sites excluding steroid dienone is 2. The molecule has 0 saturated heterocycles. The van der Waals surface area contributed by atoms with E-state index >= 15 is 0 Å². The van der Waals surface area contributed by atoms with E-state index in [2.05, 4.69) is 19.2 Å². The molecule has 3 saturated carbocycles. The van der Waals surface area contributed by atoms with Crippen molar-refractivity contribution in [2.45, 2.75) is 58.0 Å². The maximum absolute atomic E-state index is 14.8. The molecule has 0 aliphatic heterocycles. The molecule has 0 bridgehead atoms. The van der Waals surface area contributed by atoms with Gasteiger partial charge in [-0.05, 0) is 84.8 Å². The number of alkyl halides is 1. The fourth-order valence-corrected chi connectivity index (χ4v) is 6.25. The van der Waals surface area contributed by atoms with E-state index < -0.39 is 6.17 Å². The Bertz CT molecular complexity index is 597. The summed E-state index contributed by atoms with van der Waals surface area (Å²) in [6.07, 6.45) is 7.50. The Balaban J connectivity index is 1.69. The maximum atomic E-state index is 14.8. The molecule has 0 aromatic rings. The number of ketones is 1. The minimum Gasteiger partial charge on any atom is -0.295 e. The standard InChI is InChI=1S/C20H25FO/c1-3-12-4-7-18-16-11-19(21)17-10-13(22)5-6-14(17)15(16)8-9-20(12,18)2/h10,14-16,18-19H,1,4-9,11H2,2H3/t14-,15?,16?,18?,19+,20-/m1/s1. The summed E-state index contributed by atoms with van der Waals surface area (Å²) in [4.78, 5) is 11.7. The van der Waals surface area contributed by atoms with Crippen molar-refractivity contribution in [3.63, 3.8) is 0 Å². The highest BCUT2D eigenvalue weighted by Crippen LogP contribution is 2.63. The molecule has 0 aromatic carbocycles. The zero-order valence-corrected chi connectivity index (χ0v) is 13.4. The lowest BCUT2D eigenvalue weighted by molar-refractivity contribution is -0.116. The summed E-state index contributed by atoms with van der Waals surface area (Å²) in [5.74, 6) is 2.12. The molecule has 1 nitrogen and oxygen atoms in total. The SMILES string of the molecule is C=C=C1CCC2C3C[C@H](F)C4=CC(=O)CC[C@@H]4C3CC[C@]12C. The summed E-state index contributed by atoms with van der Waals surface area (Å²) < 4.78 is 14.8. The summed E-state index contributed by atoms with van der Waals surface area (Å²) in [6, 6.07) is 0. The lowest BCUT2D eigenvalue weighted by Gasteiger charge is -2.53. The van der Waals surface area contributed by atoms with Crippen LogP contribution in [0.2, 0.25) is 0 Å². The molecule has 0 radical (unpaired) electrons. The molecule has 0 amide bonds. The molecule has 0 N–H and O–H groups in total. The molecular formula is C20H25FO. The lowest BCUT2D eigenvalue weighted by Crippen LogP contribution is -2.47. The van der Waals surface area contributed by atoms with Crippen LogP contribution in [0.15, 0.2) is 29.5 Å². The van der Waals surface area contributed by atoms with Crippen LogP contribution >= 0.6 is 0 Å². The molecule has 4 aliphatic carbocycles. The maximum Gasteiger partial charge on any atom is 0.155 e. The molecule has 2 heteroatoms. The largest absolute Gasteiger partial charge is 0.295 e.